The number of esters is 1. The van der Waals surface area contributed by atoms with Gasteiger partial charge >= 0.3 is 5.97 Å². The molecule has 0 radical (unpaired) electrons. The first-order chi connectivity index (χ1) is 11.8. The van der Waals surface area contributed by atoms with E-state index in [0.29, 0.717) is 18.1 Å². The largest absolute Gasteiger partial charge is 0.456 e. The maximum Gasteiger partial charge on any atom is 0.355 e. The third-order valence-electron chi connectivity index (χ3n) is 3.82. The number of sulfonamides is 1. The first-order valence-electron chi connectivity index (χ1n) is 7.87. The van der Waals surface area contributed by atoms with E-state index >= 15 is 0 Å². The lowest BCUT2D eigenvalue weighted by Gasteiger charge is -2.17. The minimum atomic E-state index is -3.62. The summed E-state index contributed by atoms with van der Waals surface area (Å²) in [5.41, 5.74) is 0.975. The highest BCUT2D eigenvalue weighted by molar-refractivity contribution is 7.89. The van der Waals surface area contributed by atoms with Crippen LogP contribution in [0.15, 0.2) is 41.4 Å². The van der Waals surface area contributed by atoms with Crippen molar-refractivity contribution in [1.82, 2.24) is 8.87 Å². The molecule has 0 fully saturated rings. The van der Waals surface area contributed by atoms with E-state index in [4.69, 9.17) is 16.3 Å². The Balaban J connectivity index is 2.16. The second-order valence-corrected chi connectivity index (χ2v) is 7.84. The van der Waals surface area contributed by atoms with E-state index < -0.39 is 16.0 Å². The van der Waals surface area contributed by atoms with Crippen LogP contribution in [0.25, 0.3) is 0 Å². The number of ether oxygens (including phenoxy) is 1. The van der Waals surface area contributed by atoms with E-state index in [1.807, 2.05) is 0 Å². The fourth-order valence-electron chi connectivity index (χ4n) is 2.39. The molecule has 0 N–H and O–H groups in total. The molecule has 0 saturated heterocycles. The lowest BCUT2D eigenvalue weighted by Crippen LogP contribution is -2.30. The SMILES string of the molecule is CCN(CC)S(=O)(=O)c1cc(C(=O)OCc2ccc(Cl)cc2)n(C)c1. The second-order valence-electron chi connectivity index (χ2n) is 5.46. The van der Waals surface area contributed by atoms with Crippen molar-refractivity contribution in [2.75, 3.05) is 13.1 Å². The van der Waals surface area contributed by atoms with Crippen LogP contribution in [0.5, 0.6) is 0 Å². The Bertz CT molecular complexity index is 840. The van der Waals surface area contributed by atoms with Crippen LogP contribution in [0, 0.1) is 0 Å². The summed E-state index contributed by atoms with van der Waals surface area (Å²) in [6.07, 6.45) is 1.42. The van der Waals surface area contributed by atoms with Gasteiger partial charge in [0.25, 0.3) is 0 Å². The standard InChI is InChI=1S/C17H21ClN2O4S/c1-4-20(5-2)25(22,23)15-10-16(19(3)11-15)17(21)24-12-13-6-8-14(18)9-7-13/h6-11H,4-5,12H2,1-3H3. The average Bonchev–Trinajstić information content (AvgIpc) is 2.97. The molecule has 1 aromatic carbocycles. The van der Waals surface area contributed by atoms with E-state index in [1.165, 1.54) is 21.1 Å². The maximum atomic E-state index is 12.5. The van der Waals surface area contributed by atoms with Crippen LogP contribution < -0.4 is 0 Å². The summed E-state index contributed by atoms with van der Waals surface area (Å²) in [5.74, 6) is -0.585. The van der Waals surface area contributed by atoms with Crippen LogP contribution in [0.3, 0.4) is 0 Å². The van der Waals surface area contributed by atoms with Crippen LogP contribution >= 0.6 is 11.6 Å². The van der Waals surface area contributed by atoms with Crippen LogP contribution in [0.2, 0.25) is 5.02 Å². The number of aromatic nitrogens is 1. The molecule has 2 aromatic rings. The number of carbonyl (C=O) groups is 1. The van der Waals surface area contributed by atoms with E-state index in [0.717, 1.165) is 5.56 Å². The monoisotopic (exact) mass is 384 g/mol. The molecule has 25 heavy (non-hydrogen) atoms. The van der Waals surface area contributed by atoms with Crippen molar-refractivity contribution in [3.8, 4) is 0 Å². The van der Waals surface area contributed by atoms with Crippen LogP contribution in [0.4, 0.5) is 0 Å². The predicted molar refractivity (Wildman–Crippen MR) is 96.1 cm³/mol. The van der Waals surface area contributed by atoms with Gasteiger partial charge in [-0.2, -0.15) is 4.31 Å². The van der Waals surface area contributed by atoms with Crippen molar-refractivity contribution in [2.24, 2.45) is 7.05 Å². The molecule has 0 aliphatic carbocycles. The summed E-state index contributed by atoms with van der Waals surface area (Å²) in [6, 6.07) is 8.29. The average molecular weight is 385 g/mol. The van der Waals surface area contributed by atoms with Gasteiger partial charge in [-0.05, 0) is 23.8 Å². The Labute approximate surface area is 153 Å². The molecule has 1 aromatic heterocycles. The quantitative estimate of drug-likeness (QED) is 0.688. The van der Waals surface area contributed by atoms with Gasteiger partial charge in [0.05, 0.1) is 0 Å². The number of halogens is 1. The summed E-state index contributed by atoms with van der Waals surface area (Å²) in [7, 11) is -2.01. The maximum absolute atomic E-state index is 12.5. The number of hydrogen-bond donors (Lipinski definition) is 0. The molecule has 0 spiro atoms. The molecule has 8 heteroatoms. The first kappa shape index (κ1) is 19.5. The third-order valence-corrected chi connectivity index (χ3v) is 6.08. The minimum absolute atomic E-state index is 0.0807. The summed E-state index contributed by atoms with van der Waals surface area (Å²) >= 11 is 5.81. The number of rotatable bonds is 7. The normalized spacial score (nSPS) is 11.7. The Morgan fingerprint density at radius 3 is 2.36 bits per heavy atom. The zero-order valence-electron chi connectivity index (χ0n) is 14.4. The number of benzene rings is 1. The van der Waals surface area contributed by atoms with Crippen LogP contribution in [0.1, 0.15) is 29.9 Å². The van der Waals surface area contributed by atoms with E-state index in [-0.39, 0.29) is 17.2 Å². The summed E-state index contributed by atoms with van der Waals surface area (Å²) < 4.78 is 33.1. The third kappa shape index (κ3) is 4.42. The Morgan fingerprint density at radius 1 is 1.20 bits per heavy atom. The number of hydrogen-bond acceptors (Lipinski definition) is 4. The molecule has 0 aliphatic rings. The van der Waals surface area contributed by atoms with E-state index in [9.17, 15) is 13.2 Å². The number of carbonyl (C=O) groups excluding carboxylic acids is 1. The first-order valence-corrected chi connectivity index (χ1v) is 9.69. The van der Waals surface area contributed by atoms with Crippen LogP contribution in [-0.2, 0) is 28.4 Å². The summed E-state index contributed by atoms with van der Waals surface area (Å²) in [6.45, 7) is 4.35. The van der Waals surface area contributed by atoms with Crippen molar-refractivity contribution in [2.45, 2.75) is 25.3 Å². The fraction of sp³-hybridized carbons (Fsp3) is 0.353. The molecule has 136 valence electrons. The second kappa shape index (κ2) is 8.03. The van der Waals surface area contributed by atoms with Crippen molar-refractivity contribution in [3.63, 3.8) is 0 Å². The number of aryl methyl sites for hydroxylation is 1. The van der Waals surface area contributed by atoms with Crippen molar-refractivity contribution in [1.29, 1.82) is 0 Å². The van der Waals surface area contributed by atoms with Gasteiger partial charge in [0, 0.05) is 31.4 Å². The molecule has 2 rings (SSSR count). The molecule has 0 saturated carbocycles. The lowest BCUT2D eigenvalue weighted by molar-refractivity contribution is 0.0461. The van der Waals surface area contributed by atoms with Gasteiger partial charge < -0.3 is 9.30 Å². The van der Waals surface area contributed by atoms with Gasteiger partial charge in [0.15, 0.2) is 0 Å². The Morgan fingerprint density at radius 2 is 1.80 bits per heavy atom. The zero-order chi connectivity index (χ0) is 18.6. The minimum Gasteiger partial charge on any atom is -0.456 e. The fourth-order valence-corrected chi connectivity index (χ4v) is 4.05. The zero-order valence-corrected chi connectivity index (χ0v) is 16.0. The van der Waals surface area contributed by atoms with Gasteiger partial charge in [-0.25, -0.2) is 13.2 Å². The Kier molecular flexibility index (Phi) is 6.26. The molecule has 1 heterocycles. The molecular formula is C17H21ClN2O4S. The summed E-state index contributed by atoms with van der Waals surface area (Å²) in [5, 5.41) is 0.601. The van der Waals surface area contributed by atoms with Gasteiger partial charge in [-0.1, -0.05) is 37.6 Å². The summed E-state index contributed by atoms with van der Waals surface area (Å²) in [4.78, 5) is 12.4. The van der Waals surface area contributed by atoms with Gasteiger partial charge in [0.1, 0.15) is 17.2 Å². The molecule has 0 bridgehead atoms. The highest BCUT2D eigenvalue weighted by atomic mass is 35.5. The van der Waals surface area contributed by atoms with Crippen molar-refractivity contribution >= 4 is 27.6 Å². The van der Waals surface area contributed by atoms with Gasteiger partial charge in [-0.15, -0.1) is 0 Å². The Hall–Kier alpha value is -1.83. The lowest BCUT2D eigenvalue weighted by atomic mass is 10.2. The molecular weight excluding hydrogens is 364 g/mol. The highest BCUT2D eigenvalue weighted by Crippen LogP contribution is 2.19. The topological polar surface area (TPSA) is 68.6 Å². The van der Waals surface area contributed by atoms with Gasteiger partial charge in [0.2, 0.25) is 10.0 Å². The van der Waals surface area contributed by atoms with Crippen LogP contribution in [-0.4, -0.2) is 36.3 Å². The molecule has 0 aliphatic heterocycles. The van der Waals surface area contributed by atoms with Crippen molar-refractivity contribution < 1.29 is 17.9 Å². The van der Waals surface area contributed by atoms with E-state index in [1.54, 1.807) is 45.2 Å². The molecule has 0 amide bonds. The molecule has 6 nitrogen and oxygen atoms in total. The predicted octanol–water partition coefficient (Wildman–Crippen LogP) is 3.07. The van der Waals surface area contributed by atoms with E-state index in [2.05, 4.69) is 0 Å². The van der Waals surface area contributed by atoms with Gasteiger partial charge in [-0.3, -0.25) is 0 Å². The highest BCUT2D eigenvalue weighted by Gasteiger charge is 2.25. The van der Waals surface area contributed by atoms with Crippen molar-refractivity contribution in [3.05, 3.63) is 52.8 Å². The smallest absolute Gasteiger partial charge is 0.355 e. The number of nitrogens with zero attached hydrogens (tertiary/aromatic N) is 2. The molecule has 0 atom stereocenters. The molecule has 0 unspecified atom stereocenters.